The Balaban J connectivity index is 0.825. The number of allylic oxidation sites excluding steroid dienone is 8. The van der Waals surface area contributed by atoms with E-state index in [0.717, 1.165) is 71.6 Å². The van der Waals surface area contributed by atoms with Gasteiger partial charge in [0.25, 0.3) is 0 Å². The molecule has 126 heavy (non-hydrogen) atoms. The van der Waals surface area contributed by atoms with Crippen LogP contribution in [0.2, 0.25) is 0 Å². The van der Waals surface area contributed by atoms with Crippen molar-refractivity contribution in [2.45, 2.75) is 99.7 Å². The Morgan fingerprint density at radius 2 is 0.770 bits per heavy atom. The molecule has 38 heteroatoms. The molecule has 0 bridgehead atoms. The predicted octanol–water partition coefficient (Wildman–Crippen LogP) is 6.90. The minimum atomic E-state index is -4.69. The predicted molar refractivity (Wildman–Crippen MR) is 466 cm³/mol. The van der Waals surface area contributed by atoms with Gasteiger partial charge in [0.05, 0.1) is 333 Å². The highest BCUT2D eigenvalue weighted by molar-refractivity contribution is 7.94. The Morgan fingerprint density at radius 1 is 0.421 bits per heavy atom. The Morgan fingerprint density at radius 3 is 1.13 bits per heavy atom. The van der Waals surface area contributed by atoms with Crippen LogP contribution in [0, 0.1) is 0 Å². The number of carbonyl (C=O) groups excluding carboxylic acids is 1. The van der Waals surface area contributed by atoms with Crippen LogP contribution in [0.3, 0.4) is 0 Å². The van der Waals surface area contributed by atoms with Crippen molar-refractivity contribution in [2.75, 3.05) is 342 Å². The third-order valence-electron chi connectivity index (χ3n) is 18.9. The van der Waals surface area contributed by atoms with Crippen LogP contribution in [0.1, 0.15) is 90.2 Å². The highest BCUT2D eigenvalue weighted by atomic mass is 32.2. The molecule has 2 aromatic carbocycles. The van der Waals surface area contributed by atoms with Crippen molar-refractivity contribution in [1.82, 2.24) is 5.32 Å². The van der Waals surface area contributed by atoms with Crippen LogP contribution in [0.25, 0.3) is 0 Å². The number of unbranched alkanes of at least 4 members (excludes halogenated alkanes) is 4. The first-order valence-corrected chi connectivity index (χ1v) is 46.1. The van der Waals surface area contributed by atoms with Gasteiger partial charge < -0.3 is 139 Å². The number of nitrogens with zero attached hydrogens (tertiary/aromatic N) is 2. The fraction of sp³-hybridized carbons (Fsp3) is 0.739. The number of amides is 1. The number of hydrogen-bond acceptors (Lipinski definition) is 34. The zero-order valence-corrected chi connectivity index (χ0v) is 76.9. The summed E-state index contributed by atoms with van der Waals surface area (Å²) in [6.45, 7) is 32.0. The van der Waals surface area contributed by atoms with Gasteiger partial charge in [-0.2, -0.15) is 8.91 Å². The molecule has 2 N–H and O–H groups in total. The summed E-state index contributed by atoms with van der Waals surface area (Å²) < 4.78 is 175. The molecule has 0 aromatic heterocycles. The van der Waals surface area contributed by atoms with E-state index in [1.54, 1.807) is 13.2 Å². The topological polar surface area (TPSA) is 393 Å². The maximum atomic E-state index is 12.7. The van der Waals surface area contributed by atoms with E-state index in [2.05, 4.69) is 44.1 Å². The molecule has 0 atom stereocenters. The van der Waals surface area contributed by atoms with Crippen molar-refractivity contribution in [1.29, 1.82) is 0 Å². The van der Waals surface area contributed by atoms with E-state index in [1.165, 1.54) is 12.1 Å². The van der Waals surface area contributed by atoms with Crippen LogP contribution in [0.5, 0.6) is 0 Å². The SMILES string of the molecule is COCCOCCOCCOCCOCCOCCOCCOCCOCCOCCOCCOCCOCCOCCOCCOCCOCCOCCOCCOCCOCCOCCOCCOCCNC(=O)CCCCCN1C(=CC=CC=CC=CC2=[N+](CCCCCC(=O)O)c3ccc(SOO[O-])cc3C2(C)C)C(C)(C)c2cc(S(=O)(=O)[O-])ccc21. The molecule has 0 saturated carbocycles. The van der Waals surface area contributed by atoms with Crippen LogP contribution in [0.4, 0.5) is 11.4 Å². The summed E-state index contributed by atoms with van der Waals surface area (Å²) in [6, 6.07) is 10.4. The molecule has 36 nitrogen and oxygen atoms in total. The molecular formula is C88H146N3O33S2-. The van der Waals surface area contributed by atoms with Crippen LogP contribution in [-0.2, 0) is 154 Å². The van der Waals surface area contributed by atoms with E-state index in [1.807, 2.05) is 68.5 Å². The maximum Gasteiger partial charge on any atom is 0.303 e. The number of nitrogens with one attached hydrogen (secondary N) is 1. The Hall–Kier alpha value is -5.01. The van der Waals surface area contributed by atoms with Gasteiger partial charge >= 0.3 is 5.97 Å². The lowest BCUT2D eigenvalue weighted by molar-refractivity contribution is -0.777. The number of carboxylic acid groups (broad SMARTS) is 1. The van der Waals surface area contributed by atoms with Gasteiger partial charge in [-0.15, -0.1) is 0 Å². The minimum absolute atomic E-state index is 0.0639. The summed E-state index contributed by atoms with van der Waals surface area (Å²) in [7, 11) is -3.05. The summed E-state index contributed by atoms with van der Waals surface area (Å²) in [5, 5.41) is 26.2. The number of ether oxygens (including phenoxy) is 24. The molecule has 2 aromatic rings. The van der Waals surface area contributed by atoms with E-state index in [4.69, 9.17) is 119 Å². The largest absolute Gasteiger partial charge is 0.744 e. The number of rotatable bonds is 92. The zero-order chi connectivity index (χ0) is 90.4. The van der Waals surface area contributed by atoms with Crippen molar-refractivity contribution in [3.63, 3.8) is 0 Å². The quantitative estimate of drug-likeness (QED) is 0.0129. The highest BCUT2D eigenvalue weighted by Crippen LogP contribution is 2.49. The average molecular weight is 1840 g/mol. The summed E-state index contributed by atoms with van der Waals surface area (Å²) >= 11 is 0.838. The standard InChI is InChI=1S/C88H147N3O33S2/c1-87(2)79-75-77(125-124-123-95)21-23-81(79)90(27-16-10-14-20-86(93)94)83(87)17-11-7-6-8-12-18-84-88(3,4)80-76-78(126(96,97)98)22-24-82(80)91(84)26-15-9-13-19-85(92)89-25-28-100-31-32-102-35-36-104-39-40-106-43-44-108-47-48-110-51-52-112-55-56-114-59-60-116-63-64-118-67-68-120-71-72-122-74-73-121-70-69-119-66-65-117-62-61-115-58-57-113-54-53-111-50-49-109-46-45-107-42-41-105-38-37-103-34-33-101-30-29-99-5/h6-8,11-12,17-18,21-24,75-76H,9-10,13-16,19-20,25-74H2,1-5H3,(H3-,89,92,93,94,95,96,97,98)/p-1. The minimum Gasteiger partial charge on any atom is -0.744 e. The molecule has 0 spiro atoms. The molecule has 0 saturated heterocycles. The Kier molecular flexibility index (Phi) is 69.8. The molecule has 0 aliphatic carbocycles. The van der Waals surface area contributed by atoms with Crippen LogP contribution in [0.15, 0.2) is 94.4 Å². The van der Waals surface area contributed by atoms with Crippen molar-refractivity contribution in [3.8, 4) is 0 Å². The van der Waals surface area contributed by atoms with E-state index in [0.29, 0.717) is 354 Å². The number of methoxy groups -OCH3 is 1. The number of hydrogen-bond donors (Lipinski definition) is 2. The molecule has 0 fully saturated rings. The summed E-state index contributed by atoms with van der Waals surface area (Å²) in [5.74, 6) is -0.872. The number of benzene rings is 2. The molecule has 2 aliphatic heterocycles. The fourth-order valence-corrected chi connectivity index (χ4v) is 13.3. The average Bonchev–Trinajstić information content (AvgIpc) is 1.59. The van der Waals surface area contributed by atoms with Crippen molar-refractivity contribution in [3.05, 3.63) is 95.8 Å². The molecule has 4 rings (SSSR count). The van der Waals surface area contributed by atoms with E-state index < -0.39 is 26.9 Å². The first-order chi connectivity index (χ1) is 61.6. The molecule has 724 valence electrons. The summed E-state index contributed by atoms with van der Waals surface area (Å²) in [4.78, 5) is 26.4. The smallest absolute Gasteiger partial charge is 0.303 e. The number of carbonyl (C=O) groups is 2. The molecule has 2 heterocycles. The first kappa shape index (κ1) is 113. The van der Waals surface area contributed by atoms with Crippen molar-refractivity contribution in [2.24, 2.45) is 0 Å². The van der Waals surface area contributed by atoms with Gasteiger partial charge in [0.2, 0.25) is 11.6 Å². The molecule has 1 amide bonds. The van der Waals surface area contributed by atoms with Crippen LogP contribution in [-0.4, -0.2) is 378 Å². The Bertz CT molecular complexity index is 3300. The Labute approximate surface area is 751 Å². The highest BCUT2D eigenvalue weighted by Gasteiger charge is 2.45. The van der Waals surface area contributed by atoms with Gasteiger partial charge in [-0.05, 0) is 81.5 Å². The van der Waals surface area contributed by atoms with E-state index in [-0.39, 0.29) is 17.2 Å². The second-order valence-corrected chi connectivity index (χ2v) is 31.2. The van der Waals surface area contributed by atoms with Crippen molar-refractivity contribution < 1.29 is 161 Å². The second-order valence-electron chi connectivity index (χ2n) is 29.1. The normalized spacial score (nSPS) is 14.2. The number of carboxylic acids is 1. The monoisotopic (exact) mass is 1840 g/mol. The first-order valence-electron chi connectivity index (χ1n) is 43.9. The van der Waals surface area contributed by atoms with Gasteiger partial charge in [0.1, 0.15) is 16.7 Å². The van der Waals surface area contributed by atoms with Gasteiger partial charge in [-0.25, -0.2) is 8.42 Å². The van der Waals surface area contributed by atoms with E-state index >= 15 is 0 Å². The van der Waals surface area contributed by atoms with E-state index in [9.17, 15) is 27.8 Å². The lowest BCUT2D eigenvalue weighted by Crippen LogP contribution is -2.28. The lowest BCUT2D eigenvalue weighted by Gasteiger charge is -2.27. The summed E-state index contributed by atoms with van der Waals surface area (Å²) in [6.07, 6.45) is 18.6. The third-order valence-corrected chi connectivity index (χ3v) is 20.3. The van der Waals surface area contributed by atoms with Crippen LogP contribution < -0.4 is 15.5 Å². The van der Waals surface area contributed by atoms with Crippen LogP contribution >= 0.6 is 12.0 Å². The number of fused-ring (bicyclic) bond motifs is 2. The summed E-state index contributed by atoms with van der Waals surface area (Å²) in [5.41, 5.74) is 4.56. The second kappa shape index (κ2) is 77.6. The number of aliphatic carboxylic acids is 1. The molecule has 0 unspecified atom stereocenters. The third kappa shape index (κ3) is 56.7. The molecule has 0 radical (unpaired) electrons. The van der Waals surface area contributed by atoms with Gasteiger partial charge in [0, 0.05) is 78.9 Å². The maximum absolute atomic E-state index is 12.7. The van der Waals surface area contributed by atoms with Crippen molar-refractivity contribution >= 4 is 51.1 Å². The lowest BCUT2D eigenvalue weighted by atomic mass is 9.81. The number of anilines is 1. The molecular weight excluding hydrogens is 1690 g/mol. The zero-order valence-electron chi connectivity index (χ0n) is 75.2. The fourth-order valence-electron chi connectivity index (χ4n) is 12.4. The van der Waals surface area contributed by atoms with Gasteiger partial charge in [-0.1, -0.05) is 50.6 Å². The van der Waals surface area contributed by atoms with Gasteiger partial charge in [-0.3, -0.25) is 14.6 Å². The molecule has 2 aliphatic rings. The van der Waals surface area contributed by atoms with Gasteiger partial charge in [0.15, 0.2) is 5.71 Å².